The minimum atomic E-state index is -1.01. The largest absolute Gasteiger partial charge is 0.508 e. The van der Waals surface area contributed by atoms with Crippen LogP contribution in [0.25, 0.3) is 11.0 Å². The summed E-state index contributed by atoms with van der Waals surface area (Å²) in [6.45, 7) is 2.89. The fraction of sp³-hybridized carbons (Fsp3) is 0.130. The molecular formula is C23H21N3O4. The highest BCUT2D eigenvalue weighted by Gasteiger charge is 2.15. The molecule has 152 valence electrons. The average Bonchev–Trinajstić information content (AvgIpc) is 3.07. The Morgan fingerprint density at radius 3 is 2.57 bits per heavy atom. The summed E-state index contributed by atoms with van der Waals surface area (Å²) in [5.74, 6) is 0.499. The number of aromatic hydroxyl groups is 1. The number of hydrogen-bond donors (Lipinski definition) is 3. The first-order valence-electron chi connectivity index (χ1n) is 9.55. The van der Waals surface area contributed by atoms with Gasteiger partial charge in [-0.2, -0.15) is 0 Å². The van der Waals surface area contributed by atoms with Gasteiger partial charge in [0.15, 0.2) is 0 Å². The Morgan fingerprint density at radius 2 is 1.87 bits per heavy atom. The third kappa shape index (κ3) is 3.91. The van der Waals surface area contributed by atoms with Crippen molar-refractivity contribution in [2.24, 2.45) is 0 Å². The number of ether oxygens (including phenoxy) is 1. The van der Waals surface area contributed by atoms with Crippen molar-refractivity contribution in [2.45, 2.75) is 13.5 Å². The Kier molecular flexibility index (Phi) is 5.26. The number of nitrogens with one attached hydrogen (secondary N) is 1. The Labute approximate surface area is 173 Å². The van der Waals surface area contributed by atoms with E-state index in [2.05, 4.69) is 10.3 Å². The molecule has 0 saturated heterocycles. The van der Waals surface area contributed by atoms with Gasteiger partial charge in [0.25, 0.3) is 0 Å². The highest BCUT2D eigenvalue weighted by Crippen LogP contribution is 2.28. The van der Waals surface area contributed by atoms with E-state index in [1.165, 1.54) is 0 Å². The van der Waals surface area contributed by atoms with Gasteiger partial charge in [0, 0.05) is 11.3 Å². The fourth-order valence-electron chi connectivity index (χ4n) is 3.26. The molecule has 3 aromatic carbocycles. The summed E-state index contributed by atoms with van der Waals surface area (Å²) in [4.78, 5) is 16.0. The predicted octanol–water partition coefficient (Wildman–Crippen LogP) is 4.63. The molecule has 3 N–H and O–H groups in total. The quantitative estimate of drug-likeness (QED) is 0.416. The zero-order valence-corrected chi connectivity index (χ0v) is 16.4. The number of phenols is 1. The number of aromatic nitrogens is 2. The van der Waals surface area contributed by atoms with Crippen LogP contribution in [0.5, 0.6) is 11.5 Å². The second kappa shape index (κ2) is 8.16. The number of fused-ring (bicyclic) bond motifs is 1. The van der Waals surface area contributed by atoms with Crippen molar-refractivity contribution in [2.75, 3.05) is 11.9 Å². The number of carbonyl (C=O) groups is 1. The van der Waals surface area contributed by atoms with E-state index in [1.807, 2.05) is 47.9 Å². The smallest absolute Gasteiger partial charge is 0.335 e. The molecule has 0 fully saturated rings. The van der Waals surface area contributed by atoms with Crippen LogP contribution in [-0.2, 0) is 6.54 Å². The van der Waals surface area contributed by atoms with E-state index >= 15 is 0 Å². The fourth-order valence-corrected chi connectivity index (χ4v) is 3.26. The van der Waals surface area contributed by atoms with Gasteiger partial charge in [-0.25, -0.2) is 9.78 Å². The van der Waals surface area contributed by atoms with Crippen molar-refractivity contribution in [1.82, 2.24) is 9.55 Å². The molecule has 1 heterocycles. The average molecular weight is 403 g/mol. The van der Waals surface area contributed by atoms with Gasteiger partial charge in [0.05, 0.1) is 29.7 Å². The maximum absolute atomic E-state index is 11.4. The van der Waals surface area contributed by atoms with Crippen LogP contribution >= 0.6 is 0 Å². The van der Waals surface area contributed by atoms with Gasteiger partial charge in [0.1, 0.15) is 11.5 Å². The molecule has 0 amide bonds. The van der Waals surface area contributed by atoms with Crippen LogP contribution in [0.2, 0.25) is 0 Å². The van der Waals surface area contributed by atoms with Crippen molar-refractivity contribution < 1.29 is 19.7 Å². The van der Waals surface area contributed by atoms with Crippen molar-refractivity contribution >= 4 is 28.6 Å². The number of benzene rings is 3. The molecule has 4 rings (SSSR count). The van der Waals surface area contributed by atoms with Crippen molar-refractivity contribution in [3.63, 3.8) is 0 Å². The molecule has 4 aromatic rings. The summed E-state index contributed by atoms with van der Waals surface area (Å²) in [6.07, 6.45) is 0. The first-order valence-corrected chi connectivity index (χ1v) is 9.55. The third-order valence-electron chi connectivity index (χ3n) is 4.74. The Balaban J connectivity index is 1.76. The molecule has 1 aromatic heterocycles. The second-order valence-corrected chi connectivity index (χ2v) is 6.74. The lowest BCUT2D eigenvalue weighted by atomic mass is 10.2. The monoisotopic (exact) mass is 403 g/mol. The van der Waals surface area contributed by atoms with Crippen LogP contribution in [0.15, 0.2) is 66.7 Å². The standard InChI is InChI=1S/C23H21N3O4/c1-2-30-18-10-8-17(9-11-18)24-23-25-19-13-15(22(28)29)7-12-20(19)26(23)14-16-5-3-4-6-21(16)27/h3-13,27H,2,14H2,1H3,(H,24,25)(H,28,29). The molecule has 0 aliphatic carbocycles. The molecule has 0 radical (unpaired) electrons. The molecule has 0 aliphatic rings. The summed E-state index contributed by atoms with van der Waals surface area (Å²) < 4.78 is 7.39. The van der Waals surface area contributed by atoms with Gasteiger partial charge in [-0.05, 0) is 55.5 Å². The van der Waals surface area contributed by atoms with Crippen LogP contribution in [0.4, 0.5) is 11.6 Å². The van der Waals surface area contributed by atoms with Crippen molar-refractivity contribution in [3.05, 3.63) is 77.9 Å². The van der Waals surface area contributed by atoms with E-state index in [0.29, 0.717) is 24.6 Å². The molecule has 0 unspecified atom stereocenters. The number of nitrogens with zero attached hydrogens (tertiary/aromatic N) is 2. The number of para-hydroxylation sites is 1. The number of anilines is 2. The summed E-state index contributed by atoms with van der Waals surface area (Å²) in [5, 5.41) is 22.8. The van der Waals surface area contributed by atoms with E-state index < -0.39 is 5.97 Å². The summed E-state index contributed by atoms with van der Waals surface area (Å²) in [6, 6.07) is 19.4. The van der Waals surface area contributed by atoms with E-state index in [1.54, 1.807) is 30.3 Å². The number of imidazole rings is 1. The first kappa shape index (κ1) is 19.3. The lowest BCUT2D eigenvalue weighted by Crippen LogP contribution is -2.05. The van der Waals surface area contributed by atoms with Gasteiger partial charge in [-0.15, -0.1) is 0 Å². The molecule has 30 heavy (non-hydrogen) atoms. The minimum absolute atomic E-state index is 0.169. The maximum atomic E-state index is 11.4. The summed E-state index contributed by atoms with van der Waals surface area (Å²) in [5.41, 5.74) is 3.03. The topological polar surface area (TPSA) is 96.6 Å². The van der Waals surface area contributed by atoms with E-state index in [-0.39, 0.29) is 11.3 Å². The van der Waals surface area contributed by atoms with Gasteiger partial charge in [0.2, 0.25) is 5.95 Å². The van der Waals surface area contributed by atoms with Gasteiger partial charge in [-0.3, -0.25) is 0 Å². The number of carboxylic acid groups (broad SMARTS) is 1. The Bertz CT molecular complexity index is 1200. The molecule has 7 heteroatoms. The van der Waals surface area contributed by atoms with Gasteiger partial charge >= 0.3 is 5.97 Å². The van der Waals surface area contributed by atoms with E-state index in [0.717, 1.165) is 22.5 Å². The maximum Gasteiger partial charge on any atom is 0.335 e. The van der Waals surface area contributed by atoms with Gasteiger partial charge < -0.3 is 24.8 Å². The van der Waals surface area contributed by atoms with Crippen LogP contribution < -0.4 is 10.1 Å². The SMILES string of the molecule is CCOc1ccc(Nc2nc3cc(C(=O)O)ccc3n2Cc2ccccc2O)cc1. The normalized spacial score (nSPS) is 10.8. The molecule has 0 saturated carbocycles. The Morgan fingerprint density at radius 1 is 1.10 bits per heavy atom. The van der Waals surface area contributed by atoms with E-state index in [4.69, 9.17) is 4.74 Å². The first-order chi connectivity index (χ1) is 14.5. The van der Waals surface area contributed by atoms with Crippen molar-refractivity contribution in [3.8, 4) is 11.5 Å². The predicted molar refractivity (Wildman–Crippen MR) is 115 cm³/mol. The number of rotatable bonds is 7. The van der Waals surface area contributed by atoms with Crippen LogP contribution in [0, 0.1) is 0 Å². The zero-order chi connectivity index (χ0) is 21.1. The second-order valence-electron chi connectivity index (χ2n) is 6.74. The number of aromatic carboxylic acids is 1. The Hall–Kier alpha value is -4.00. The molecule has 0 atom stereocenters. The van der Waals surface area contributed by atoms with Crippen LogP contribution in [0.3, 0.4) is 0 Å². The minimum Gasteiger partial charge on any atom is -0.508 e. The molecule has 7 nitrogen and oxygen atoms in total. The lowest BCUT2D eigenvalue weighted by Gasteiger charge is -2.12. The third-order valence-corrected chi connectivity index (χ3v) is 4.74. The highest BCUT2D eigenvalue weighted by atomic mass is 16.5. The molecule has 0 bridgehead atoms. The van der Waals surface area contributed by atoms with Crippen LogP contribution in [0.1, 0.15) is 22.8 Å². The van der Waals surface area contributed by atoms with E-state index in [9.17, 15) is 15.0 Å². The molecular weight excluding hydrogens is 382 g/mol. The van der Waals surface area contributed by atoms with Crippen molar-refractivity contribution in [1.29, 1.82) is 0 Å². The molecule has 0 aliphatic heterocycles. The van der Waals surface area contributed by atoms with Gasteiger partial charge in [-0.1, -0.05) is 18.2 Å². The summed E-state index contributed by atoms with van der Waals surface area (Å²) >= 11 is 0. The number of hydrogen-bond acceptors (Lipinski definition) is 5. The van der Waals surface area contributed by atoms with Crippen LogP contribution in [-0.4, -0.2) is 32.3 Å². The highest BCUT2D eigenvalue weighted by molar-refractivity contribution is 5.93. The molecule has 0 spiro atoms. The number of phenolic OH excluding ortho intramolecular Hbond substituents is 1. The zero-order valence-electron chi connectivity index (χ0n) is 16.4. The number of carboxylic acids is 1. The lowest BCUT2D eigenvalue weighted by molar-refractivity contribution is 0.0697. The summed E-state index contributed by atoms with van der Waals surface area (Å²) in [7, 11) is 0.